The number of carbonyl (C=O) groups is 5. The number of urea groups is 4. The van der Waals surface area contributed by atoms with Crippen molar-refractivity contribution in [2.75, 3.05) is 149 Å². The second kappa shape index (κ2) is 39.7. The van der Waals surface area contributed by atoms with Crippen LogP contribution in [0.25, 0.3) is 0 Å². The minimum Gasteiger partial charge on any atom is -0.385 e. The Kier molecular flexibility index (Phi) is 28.4. The minimum atomic E-state index is -0.243. The fourth-order valence-corrected chi connectivity index (χ4v) is 23.0. The number of aromatic nitrogens is 6. The van der Waals surface area contributed by atoms with Crippen molar-refractivity contribution in [1.82, 2.24) is 74.4 Å². The summed E-state index contributed by atoms with van der Waals surface area (Å²) < 4.78 is 5.26. The first-order valence-electron chi connectivity index (χ1n) is 47.0. The lowest BCUT2D eigenvalue weighted by atomic mass is 9.68. The molecule has 0 bridgehead atoms. The van der Waals surface area contributed by atoms with E-state index in [-0.39, 0.29) is 91.8 Å². The Labute approximate surface area is 773 Å². The number of hydrogen-bond donors (Lipinski definition) is 1. The molecule has 0 unspecified atom stereocenters. The van der Waals surface area contributed by atoms with Gasteiger partial charge in [0.2, 0.25) is 17.5 Å². The molecule has 6 saturated carbocycles. The molecule has 10 aliphatic rings. The lowest BCUT2D eigenvalue weighted by molar-refractivity contribution is 0.0172. The molecule has 3 aromatic heterocycles. The molecule has 8 aromatic rings. The Morgan fingerprint density at radius 3 is 0.916 bits per heavy atom. The van der Waals surface area contributed by atoms with Gasteiger partial charge in [0.25, 0.3) is 5.91 Å². The molecule has 7 heterocycles. The van der Waals surface area contributed by atoms with E-state index in [1.807, 2.05) is 52.3 Å². The van der Waals surface area contributed by atoms with Gasteiger partial charge in [-0.25, -0.2) is 49.1 Å². The topological polar surface area (TPSA) is 294 Å². The van der Waals surface area contributed by atoms with E-state index in [2.05, 4.69) is 259 Å². The van der Waals surface area contributed by atoms with Crippen LogP contribution in [0, 0.1) is 45.8 Å². The van der Waals surface area contributed by atoms with Gasteiger partial charge in [0, 0.05) is 80.3 Å². The molecule has 4 saturated heterocycles. The normalized spacial score (nSPS) is 26.5. The number of ether oxygens (including phenoxy) is 1. The maximum Gasteiger partial charge on any atom is 0.325 e. The smallest absolute Gasteiger partial charge is 0.325 e. The van der Waals surface area contributed by atoms with Crippen molar-refractivity contribution in [1.29, 1.82) is 15.8 Å². The molecule has 4 spiro atoms. The zero-order chi connectivity index (χ0) is 92.5. The van der Waals surface area contributed by atoms with Crippen LogP contribution in [0.4, 0.5) is 41.9 Å². The van der Waals surface area contributed by atoms with E-state index in [1.165, 1.54) is 54.4 Å². The zero-order valence-electron chi connectivity index (χ0n) is 78.4. The van der Waals surface area contributed by atoms with E-state index in [9.17, 15) is 24.0 Å². The van der Waals surface area contributed by atoms with Crippen LogP contribution in [0.1, 0.15) is 205 Å². The second-order valence-corrected chi connectivity index (χ2v) is 38.9. The van der Waals surface area contributed by atoms with E-state index in [4.69, 9.17) is 20.5 Å². The van der Waals surface area contributed by atoms with Gasteiger partial charge < -0.3 is 29.7 Å². The second-order valence-electron chi connectivity index (χ2n) is 38.9. The van der Waals surface area contributed by atoms with Gasteiger partial charge in [-0.05, 0) is 256 Å². The number of nitrogens with zero attached hydrogens (tertiary/aromatic N) is 21. The van der Waals surface area contributed by atoms with Gasteiger partial charge in [0.1, 0.15) is 18.2 Å². The third kappa shape index (κ3) is 18.6. The quantitative estimate of drug-likeness (QED) is 0.0582. The summed E-state index contributed by atoms with van der Waals surface area (Å²) >= 11 is 0. The Morgan fingerprint density at radius 2 is 0.664 bits per heavy atom. The number of rotatable bonds is 23. The highest BCUT2D eigenvalue weighted by Gasteiger charge is 2.60. The first-order valence-corrected chi connectivity index (χ1v) is 47.0. The summed E-state index contributed by atoms with van der Waals surface area (Å²) in [6.45, 7) is 8.46. The van der Waals surface area contributed by atoms with Crippen molar-refractivity contribution in [2.45, 2.75) is 199 Å². The molecule has 1 N–H and O–H groups in total. The lowest BCUT2D eigenvalue weighted by Gasteiger charge is -2.51. The largest absolute Gasteiger partial charge is 0.385 e. The molecule has 4 aliphatic heterocycles. The molecule has 5 aromatic carbocycles. The van der Waals surface area contributed by atoms with Gasteiger partial charge in [-0.1, -0.05) is 135 Å². The Balaban J connectivity index is 0.000000134. The lowest BCUT2D eigenvalue weighted by Crippen LogP contribution is -2.56. The Bertz CT molecular complexity index is 5360. The first kappa shape index (κ1) is 93.8. The van der Waals surface area contributed by atoms with Gasteiger partial charge >= 0.3 is 24.1 Å². The van der Waals surface area contributed by atoms with E-state index in [0.29, 0.717) is 67.2 Å². The fraction of sp³-hybridized carbons (Fsp3) is 0.515. The summed E-state index contributed by atoms with van der Waals surface area (Å²) in [4.78, 5) is 116. The van der Waals surface area contributed by atoms with E-state index < -0.39 is 0 Å². The Morgan fingerprint density at radius 1 is 0.389 bits per heavy atom. The summed E-state index contributed by atoms with van der Waals surface area (Å²) in [5.41, 5.74) is 8.08. The average Bonchev–Trinajstić information content (AvgIpc) is 1.61. The predicted molar refractivity (Wildman–Crippen MR) is 507 cm³/mol. The monoisotopic (exact) mass is 1770 g/mol. The standard InChI is InChI=1S/C29H38N4O2.C25H32N6O2.C25H30N6O.C24H30N6O/c1-30-26(34)23-12-14-25(15-13-23)32-21-28(33(27(32)35)20-22-8-7-9-22)16-18-29(19-17-28,31(2)3)24-10-5-4-6-11-24;1-29(2)25(20-8-5-4-6-9-20)12-10-24(11-13-25)19-30(21-17-27-22(16-26)28-18-21)23(32)31(24)14-7-15-33-3;1-29(2)25(20-6-4-3-5-7-20)12-10-24(11-13-25)18-30(21-15-27-22(14-26)28-16-21)23(32)31(24)17-19-8-9-19;1-4-14-30-22(31)29(20-16-26-21(15-25)27-17-20)18-23(30)10-12-24(13-11-23,28(2)3)19-8-6-5-7-9-19/h4-6,10-15,22H,7-9,16-21H2,1-3H3,(H,30,34);4-6,8-9,17-18H,7,10-15,19H2,1-3H3;3-7,15-16,19H,8-13,17-18H2,1-2H3;5-9,16-17H,4,10-14,18H2,1-3H3. The van der Waals surface area contributed by atoms with Crippen LogP contribution >= 0.6 is 0 Å². The number of benzene rings is 5. The fourth-order valence-electron chi connectivity index (χ4n) is 23.0. The number of carbonyl (C=O) groups excluding carboxylic acids is 5. The van der Waals surface area contributed by atoms with Crippen molar-refractivity contribution < 1.29 is 28.7 Å². The first-order chi connectivity index (χ1) is 63.3. The highest BCUT2D eigenvalue weighted by atomic mass is 16.5. The van der Waals surface area contributed by atoms with Gasteiger partial charge in [-0.3, -0.25) is 44.0 Å². The van der Waals surface area contributed by atoms with Crippen molar-refractivity contribution in [3.63, 3.8) is 0 Å². The number of nitrogens with one attached hydrogen (secondary N) is 1. The number of anilines is 4. The SMILES string of the molecule is CCCN1C(=O)N(c2cnc(C#N)nc2)CC12CCC(c1ccccc1)(N(C)C)CC2.CN(C)C1(c2ccccc2)CCC2(CC1)CN(c1cnc(C#N)nc1)C(=O)N2CC1CC1.CNC(=O)c1ccc(N2CC3(CCC(c4ccccc4)(N(C)C)CC3)N(CC3CCC3)C2=O)cc1.COCCCN1C(=O)N(c2cnc(C#N)nc2)CC12CCC(c1ccccc1)(N(C)C)CC2. The van der Waals surface area contributed by atoms with Gasteiger partial charge in [-0.2, -0.15) is 15.8 Å². The van der Waals surface area contributed by atoms with Crippen molar-refractivity contribution >= 4 is 52.8 Å². The molecule has 9 amide bonds. The van der Waals surface area contributed by atoms with E-state index in [0.717, 1.165) is 147 Å². The van der Waals surface area contributed by atoms with Crippen molar-refractivity contribution in [3.05, 3.63) is 228 Å². The highest BCUT2D eigenvalue weighted by molar-refractivity contribution is 5.99. The summed E-state index contributed by atoms with van der Waals surface area (Å²) in [5, 5.41) is 29.7. The zero-order valence-corrected chi connectivity index (χ0v) is 78.4. The summed E-state index contributed by atoms with van der Waals surface area (Å²) in [7, 11) is 20.7. The van der Waals surface area contributed by atoms with Crippen LogP contribution < -0.4 is 24.9 Å². The molecule has 6 aliphatic carbocycles. The molecule has 0 atom stereocenters. The third-order valence-electron chi connectivity index (χ3n) is 31.4. The molecule has 0 radical (unpaired) electrons. The number of nitriles is 3. The molecule has 10 fully saturated rings. The van der Waals surface area contributed by atoms with Crippen LogP contribution in [0.3, 0.4) is 0 Å². The number of amides is 9. The maximum atomic E-state index is 13.9. The summed E-state index contributed by atoms with van der Waals surface area (Å²) in [6.07, 6.45) is 33.0. The molecule has 28 heteroatoms. The number of methoxy groups -OCH3 is 1. The summed E-state index contributed by atoms with van der Waals surface area (Å²) in [5.74, 6) is 1.49. The van der Waals surface area contributed by atoms with Gasteiger partial charge in [0.15, 0.2) is 0 Å². The van der Waals surface area contributed by atoms with Crippen molar-refractivity contribution in [3.8, 4) is 18.2 Å². The third-order valence-corrected chi connectivity index (χ3v) is 31.4. The van der Waals surface area contributed by atoms with Crippen LogP contribution in [-0.4, -0.2) is 251 Å². The van der Waals surface area contributed by atoms with E-state index >= 15 is 0 Å². The van der Waals surface area contributed by atoms with Crippen molar-refractivity contribution in [2.24, 2.45) is 11.8 Å². The number of hydrogen-bond acceptors (Lipinski definition) is 19. The molecular weight excluding hydrogens is 1640 g/mol. The van der Waals surface area contributed by atoms with Crippen LogP contribution in [-0.2, 0) is 26.9 Å². The van der Waals surface area contributed by atoms with Crippen LogP contribution in [0.2, 0.25) is 0 Å². The van der Waals surface area contributed by atoms with Crippen LogP contribution in [0.15, 0.2) is 183 Å². The average molecular weight is 1770 g/mol. The maximum absolute atomic E-state index is 13.9. The minimum absolute atomic E-state index is 0.000277. The molecule has 18 rings (SSSR count). The molecule has 28 nitrogen and oxygen atoms in total. The molecule has 131 heavy (non-hydrogen) atoms. The molecular formula is C103H130N22O6. The van der Waals surface area contributed by atoms with Gasteiger partial charge in [0.05, 0.1) is 103 Å². The summed E-state index contributed by atoms with van der Waals surface area (Å²) in [6, 6.07) is 56.6. The van der Waals surface area contributed by atoms with E-state index in [1.54, 1.807) is 61.1 Å². The van der Waals surface area contributed by atoms with Crippen LogP contribution in [0.5, 0.6) is 0 Å². The molecule has 688 valence electrons. The Hall–Kier alpha value is -11.8. The highest BCUT2D eigenvalue weighted by Crippen LogP contribution is 2.56. The predicted octanol–water partition coefficient (Wildman–Crippen LogP) is 15.8. The van der Waals surface area contributed by atoms with Gasteiger partial charge in [-0.15, -0.1) is 0 Å².